The number of ether oxygens (including phenoxy) is 1. The number of carbonyl (C=O) groups excluding carboxylic acids is 2. The molecule has 4 heteroatoms. The number of benzene rings is 1. The van der Waals surface area contributed by atoms with E-state index in [9.17, 15) is 9.59 Å². The largest absolute Gasteiger partial charge is 0.497 e. The number of methoxy groups -OCH3 is 1. The van der Waals surface area contributed by atoms with Crippen molar-refractivity contribution in [1.29, 1.82) is 0 Å². The lowest BCUT2D eigenvalue weighted by molar-refractivity contribution is -0.114. The number of nitrogens with zero attached hydrogens (tertiary/aromatic N) is 1. The van der Waals surface area contributed by atoms with Crippen molar-refractivity contribution < 1.29 is 14.3 Å². The topological polar surface area (TPSA) is 46.6 Å². The van der Waals surface area contributed by atoms with Crippen molar-refractivity contribution in [3.63, 3.8) is 0 Å². The van der Waals surface area contributed by atoms with Crippen LogP contribution in [0, 0.1) is 0 Å². The average Bonchev–Trinajstić information content (AvgIpc) is 2.59. The van der Waals surface area contributed by atoms with Gasteiger partial charge in [-0.05, 0) is 26.0 Å². The van der Waals surface area contributed by atoms with E-state index in [0.717, 1.165) is 5.57 Å². The summed E-state index contributed by atoms with van der Waals surface area (Å²) in [6.45, 7) is 4.32. The van der Waals surface area contributed by atoms with E-state index in [2.05, 4.69) is 0 Å². The van der Waals surface area contributed by atoms with Crippen molar-refractivity contribution >= 4 is 17.4 Å². The van der Waals surface area contributed by atoms with Crippen LogP contribution in [0.5, 0.6) is 5.75 Å². The number of carbonyl (C=O) groups is 2. The Labute approximate surface area is 106 Å². The Morgan fingerprint density at radius 2 is 2.06 bits per heavy atom. The molecule has 0 saturated heterocycles. The van der Waals surface area contributed by atoms with Crippen molar-refractivity contribution in [3.8, 4) is 5.75 Å². The maximum absolute atomic E-state index is 11.9. The minimum absolute atomic E-state index is 0.410. The van der Waals surface area contributed by atoms with Crippen LogP contribution in [0.25, 0.3) is 0 Å². The highest BCUT2D eigenvalue weighted by atomic mass is 16.5. The third-order valence-electron chi connectivity index (χ3n) is 2.86. The average molecular weight is 245 g/mol. The fourth-order valence-electron chi connectivity index (χ4n) is 1.86. The summed E-state index contributed by atoms with van der Waals surface area (Å²) >= 11 is 0. The fraction of sp³-hybridized carbons (Fsp3) is 0.286. The standard InChI is InChI=1S/C14H15NO3/c1-9(2)6-7-15-12-8-10(18-3)4-5-11(12)13(16)14(15)17/h4-6,8H,7H2,1-3H3. The summed E-state index contributed by atoms with van der Waals surface area (Å²) < 4.78 is 5.12. The predicted molar refractivity (Wildman–Crippen MR) is 69.1 cm³/mol. The molecule has 0 atom stereocenters. The Kier molecular flexibility index (Phi) is 3.19. The van der Waals surface area contributed by atoms with Crippen molar-refractivity contribution in [2.45, 2.75) is 13.8 Å². The Morgan fingerprint density at radius 1 is 1.33 bits per heavy atom. The van der Waals surface area contributed by atoms with Gasteiger partial charge >= 0.3 is 0 Å². The predicted octanol–water partition coefficient (Wildman–Crippen LogP) is 2.19. The van der Waals surface area contributed by atoms with Crippen LogP contribution in [0.1, 0.15) is 24.2 Å². The molecule has 0 bridgehead atoms. The van der Waals surface area contributed by atoms with Gasteiger partial charge < -0.3 is 9.64 Å². The van der Waals surface area contributed by atoms with Crippen molar-refractivity contribution in [2.75, 3.05) is 18.6 Å². The molecule has 1 aromatic rings. The first-order chi connectivity index (χ1) is 8.54. The second kappa shape index (κ2) is 4.64. The molecule has 94 valence electrons. The van der Waals surface area contributed by atoms with Gasteiger partial charge in [-0.1, -0.05) is 11.6 Å². The highest BCUT2D eigenvalue weighted by Crippen LogP contribution is 2.32. The Bertz CT molecular complexity index is 542. The summed E-state index contributed by atoms with van der Waals surface area (Å²) in [6, 6.07) is 5.04. The van der Waals surface area contributed by atoms with Crippen LogP contribution in [0.2, 0.25) is 0 Å². The molecular formula is C14H15NO3. The lowest BCUT2D eigenvalue weighted by Crippen LogP contribution is -2.29. The van der Waals surface area contributed by atoms with Crippen LogP contribution in [0.15, 0.2) is 29.8 Å². The van der Waals surface area contributed by atoms with E-state index in [0.29, 0.717) is 23.5 Å². The summed E-state index contributed by atoms with van der Waals surface area (Å²) in [5, 5.41) is 0. The van der Waals surface area contributed by atoms with Gasteiger partial charge in [0.2, 0.25) is 0 Å². The summed E-state index contributed by atoms with van der Waals surface area (Å²) in [6.07, 6.45) is 1.92. The van der Waals surface area contributed by atoms with Crippen LogP contribution in [0.3, 0.4) is 0 Å². The zero-order valence-electron chi connectivity index (χ0n) is 10.7. The van der Waals surface area contributed by atoms with Gasteiger partial charge in [0.1, 0.15) is 5.75 Å². The molecule has 4 nitrogen and oxygen atoms in total. The van der Waals surface area contributed by atoms with Gasteiger partial charge in [0.15, 0.2) is 0 Å². The Morgan fingerprint density at radius 3 is 2.67 bits per heavy atom. The normalized spacial score (nSPS) is 13.6. The molecule has 0 aromatic heterocycles. The second-order valence-electron chi connectivity index (χ2n) is 4.41. The quantitative estimate of drug-likeness (QED) is 0.605. The Balaban J connectivity index is 2.42. The molecule has 2 rings (SSSR count). The number of allylic oxidation sites excluding steroid dienone is 1. The van der Waals surface area contributed by atoms with Gasteiger partial charge in [-0.3, -0.25) is 9.59 Å². The molecule has 1 aliphatic heterocycles. The van der Waals surface area contributed by atoms with Crippen molar-refractivity contribution in [2.24, 2.45) is 0 Å². The van der Waals surface area contributed by atoms with Gasteiger partial charge in [-0.2, -0.15) is 0 Å². The lowest BCUT2D eigenvalue weighted by Gasteiger charge is -2.15. The molecule has 0 radical (unpaired) electrons. The van der Waals surface area contributed by atoms with Crippen molar-refractivity contribution in [3.05, 3.63) is 35.4 Å². The molecule has 1 amide bonds. The number of anilines is 1. The summed E-state index contributed by atoms with van der Waals surface area (Å²) in [7, 11) is 1.56. The first-order valence-corrected chi connectivity index (χ1v) is 5.72. The van der Waals surface area contributed by atoms with Crippen LogP contribution in [0.4, 0.5) is 5.69 Å². The molecular weight excluding hydrogens is 230 g/mol. The first kappa shape index (κ1) is 12.4. The molecule has 1 heterocycles. The zero-order valence-corrected chi connectivity index (χ0v) is 10.7. The third-order valence-corrected chi connectivity index (χ3v) is 2.86. The number of Topliss-reactive ketones (excluding diaryl/α,β-unsaturated/α-hetero) is 1. The number of ketones is 1. The van der Waals surface area contributed by atoms with E-state index in [4.69, 9.17) is 4.74 Å². The number of fused-ring (bicyclic) bond motifs is 1. The van der Waals surface area contributed by atoms with Gasteiger partial charge in [0, 0.05) is 12.6 Å². The van der Waals surface area contributed by atoms with Gasteiger partial charge in [-0.15, -0.1) is 0 Å². The SMILES string of the molecule is COc1ccc2c(c1)N(CC=C(C)C)C(=O)C2=O. The molecule has 0 fully saturated rings. The maximum atomic E-state index is 11.9. The second-order valence-corrected chi connectivity index (χ2v) is 4.41. The van der Waals surface area contributed by atoms with E-state index in [1.54, 1.807) is 25.3 Å². The van der Waals surface area contributed by atoms with E-state index in [1.165, 1.54) is 4.90 Å². The van der Waals surface area contributed by atoms with Gasteiger partial charge in [0.25, 0.3) is 11.7 Å². The molecule has 0 saturated carbocycles. The van der Waals surface area contributed by atoms with E-state index in [1.807, 2.05) is 19.9 Å². The maximum Gasteiger partial charge on any atom is 0.299 e. The van der Waals surface area contributed by atoms with Gasteiger partial charge in [0.05, 0.1) is 18.4 Å². The van der Waals surface area contributed by atoms with Crippen molar-refractivity contribution in [1.82, 2.24) is 0 Å². The fourth-order valence-corrected chi connectivity index (χ4v) is 1.86. The smallest absolute Gasteiger partial charge is 0.299 e. The minimum Gasteiger partial charge on any atom is -0.497 e. The Hall–Kier alpha value is -2.10. The van der Waals surface area contributed by atoms with Crippen LogP contribution in [-0.4, -0.2) is 25.3 Å². The molecule has 0 spiro atoms. The van der Waals surface area contributed by atoms with Crippen LogP contribution < -0.4 is 9.64 Å². The third kappa shape index (κ3) is 2.01. The number of hydrogen-bond acceptors (Lipinski definition) is 3. The molecule has 0 aliphatic carbocycles. The lowest BCUT2D eigenvalue weighted by atomic mass is 10.1. The number of amides is 1. The first-order valence-electron chi connectivity index (χ1n) is 5.72. The molecule has 1 aliphatic rings. The molecule has 1 aromatic carbocycles. The van der Waals surface area contributed by atoms with Gasteiger partial charge in [-0.25, -0.2) is 0 Å². The van der Waals surface area contributed by atoms with Crippen LogP contribution >= 0.6 is 0 Å². The number of rotatable bonds is 3. The number of hydrogen-bond donors (Lipinski definition) is 0. The summed E-state index contributed by atoms with van der Waals surface area (Å²) in [4.78, 5) is 25.2. The molecule has 18 heavy (non-hydrogen) atoms. The van der Waals surface area contributed by atoms with E-state index < -0.39 is 11.7 Å². The summed E-state index contributed by atoms with van der Waals surface area (Å²) in [5.41, 5.74) is 2.18. The highest BCUT2D eigenvalue weighted by Gasteiger charge is 2.35. The van der Waals surface area contributed by atoms with E-state index in [-0.39, 0.29) is 0 Å². The minimum atomic E-state index is -0.476. The highest BCUT2D eigenvalue weighted by molar-refractivity contribution is 6.52. The zero-order chi connectivity index (χ0) is 13.3. The monoisotopic (exact) mass is 245 g/mol. The van der Waals surface area contributed by atoms with Crippen LogP contribution in [-0.2, 0) is 4.79 Å². The molecule has 0 N–H and O–H groups in total. The van der Waals surface area contributed by atoms with E-state index >= 15 is 0 Å². The molecule has 0 unspecified atom stereocenters. The summed E-state index contributed by atoms with van der Waals surface area (Å²) in [5.74, 6) is -0.288.